The van der Waals surface area contributed by atoms with Gasteiger partial charge in [-0.1, -0.05) is 15.9 Å². The molecule has 1 aromatic carbocycles. The molecule has 24 heavy (non-hydrogen) atoms. The molecule has 134 valence electrons. The van der Waals surface area contributed by atoms with Crippen molar-refractivity contribution < 1.29 is 9.13 Å². The second-order valence-electron chi connectivity index (χ2n) is 6.43. The number of ether oxygens (including phenoxy) is 1. The lowest BCUT2D eigenvalue weighted by Crippen LogP contribution is -2.56. The predicted octanol–water partition coefficient (Wildman–Crippen LogP) is 2.36. The molecule has 0 spiro atoms. The van der Waals surface area contributed by atoms with Crippen LogP contribution in [0.5, 0.6) is 0 Å². The van der Waals surface area contributed by atoms with Gasteiger partial charge in [-0.05, 0) is 37.6 Å². The summed E-state index contributed by atoms with van der Waals surface area (Å²) in [6.07, 6.45) is 0. The van der Waals surface area contributed by atoms with Crippen LogP contribution in [0.3, 0.4) is 0 Å². The molecular formula is C17H26BrFN4O. The van der Waals surface area contributed by atoms with E-state index in [1.165, 1.54) is 12.1 Å². The lowest BCUT2D eigenvalue weighted by Gasteiger charge is -2.41. The Kier molecular flexibility index (Phi) is 7.01. The Balaban J connectivity index is 1.87. The SMILES string of the molecule is CN=C(NCc1cc(F)ccc1Br)NCC(C)(C)N1CCOCC1. The van der Waals surface area contributed by atoms with E-state index in [1.54, 1.807) is 13.1 Å². The summed E-state index contributed by atoms with van der Waals surface area (Å²) in [5.74, 6) is 0.457. The summed E-state index contributed by atoms with van der Waals surface area (Å²) in [5, 5.41) is 6.59. The molecule has 0 amide bonds. The molecule has 5 nitrogen and oxygen atoms in total. The first-order valence-electron chi connectivity index (χ1n) is 8.13. The monoisotopic (exact) mass is 400 g/mol. The zero-order valence-electron chi connectivity index (χ0n) is 14.5. The maximum Gasteiger partial charge on any atom is 0.191 e. The van der Waals surface area contributed by atoms with E-state index in [-0.39, 0.29) is 11.4 Å². The van der Waals surface area contributed by atoms with Gasteiger partial charge in [-0.2, -0.15) is 0 Å². The summed E-state index contributed by atoms with van der Waals surface area (Å²) in [7, 11) is 1.73. The fraction of sp³-hybridized carbons (Fsp3) is 0.588. The second kappa shape index (κ2) is 8.78. The number of halogens is 2. The smallest absolute Gasteiger partial charge is 0.191 e. The number of nitrogens with zero attached hydrogens (tertiary/aromatic N) is 2. The number of benzene rings is 1. The molecule has 0 saturated carbocycles. The van der Waals surface area contributed by atoms with Gasteiger partial charge in [-0.25, -0.2) is 4.39 Å². The van der Waals surface area contributed by atoms with E-state index < -0.39 is 0 Å². The minimum Gasteiger partial charge on any atom is -0.379 e. The highest BCUT2D eigenvalue weighted by Crippen LogP contribution is 2.18. The number of morpholine rings is 1. The minimum absolute atomic E-state index is 0.000832. The van der Waals surface area contributed by atoms with Gasteiger partial charge in [0.1, 0.15) is 5.82 Å². The third-order valence-electron chi connectivity index (χ3n) is 4.23. The van der Waals surface area contributed by atoms with Gasteiger partial charge in [-0.15, -0.1) is 0 Å². The van der Waals surface area contributed by atoms with Gasteiger partial charge in [0.25, 0.3) is 0 Å². The molecule has 0 unspecified atom stereocenters. The minimum atomic E-state index is -0.244. The van der Waals surface area contributed by atoms with E-state index in [9.17, 15) is 4.39 Å². The number of rotatable bonds is 5. The Bertz CT molecular complexity index is 574. The average molecular weight is 401 g/mol. The predicted molar refractivity (Wildman–Crippen MR) is 98.8 cm³/mol. The maximum absolute atomic E-state index is 13.4. The zero-order valence-corrected chi connectivity index (χ0v) is 16.1. The molecule has 1 fully saturated rings. The number of nitrogens with one attached hydrogen (secondary N) is 2. The van der Waals surface area contributed by atoms with Crippen LogP contribution < -0.4 is 10.6 Å². The maximum atomic E-state index is 13.4. The molecule has 1 aliphatic heterocycles. The van der Waals surface area contributed by atoms with Gasteiger partial charge in [0.2, 0.25) is 0 Å². The van der Waals surface area contributed by atoms with Crippen molar-refractivity contribution in [3.63, 3.8) is 0 Å². The Hall–Kier alpha value is -1.18. The van der Waals surface area contributed by atoms with Crippen LogP contribution in [0.15, 0.2) is 27.7 Å². The third kappa shape index (κ3) is 5.43. The molecule has 0 atom stereocenters. The van der Waals surface area contributed by atoms with Crippen LogP contribution in [0.25, 0.3) is 0 Å². The summed E-state index contributed by atoms with van der Waals surface area (Å²) in [6.45, 7) is 9.12. The van der Waals surface area contributed by atoms with Gasteiger partial charge in [0.05, 0.1) is 13.2 Å². The highest BCUT2D eigenvalue weighted by molar-refractivity contribution is 9.10. The lowest BCUT2D eigenvalue weighted by atomic mass is 10.0. The molecule has 0 aliphatic carbocycles. The van der Waals surface area contributed by atoms with Crippen molar-refractivity contribution in [2.45, 2.75) is 25.9 Å². The van der Waals surface area contributed by atoms with Crippen molar-refractivity contribution in [2.24, 2.45) is 4.99 Å². The average Bonchev–Trinajstić information content (AvgIpc) is 2.58. The molecule has 7 heteroatoms. The Morgan fingerprint density at radius 3 is 2.71 bits per heavy atom. The van der Waals surface area contributed by atoms with Crippen molar-refractivity contribution >= 4 is 21.9 Å². The quantitative estimate of drug-likeness (QED) is 0.588. The summed E-state index contributed by atoms with van der Waals surface area (Å²) >= 11 is 3.44. The van der Waals surface area contributed by atoms with Gasteiger partial charge in [0.15, 0.2) is 5.96 Å². The van der Waals surface area contributed by atoms with Crippen LogP contribution >= 0.6 is 15.9 Å². The highest BCUT2D eigenvalue weighted by Gasteiger charge is 2.28. The van der Waals surface area contributed by atoms with E-state index in [1.807, 2.05) is 0 Å². The Morgan fingerprint density at radius 1 is 1.33 bits per heavy atom. The van der Waals surface area contributed by atoms with Crippen LogP contribution in [-0.4, -0.2) is 56.3 Å². The van der Waals surface area contributed by atoms with Gasteiger partial charge in [-0.3, -0.25) is 9.89 Å². The third-order valence-corrected chi connectivity index (χ3v) is 5.01. The van der Waals surface area contributed by atoms with Crippen LogP contribution in [0.2, 0.25) is 0 Å². The topological polar surface area (TPSA) is 48.9 Å². The normalized spacial score (nSPS) is 17.0. The van der Waals surface area contributed by atoms with E-state index in [0.29, 0.717) is 12.5 Å². The molecule has 0 bridgehead atoms. The van der Waals surface area contributed by atoms with E-state index >= 15 is 0 Å². The summed E-state index contributed by atoms with van der Waals surface area (Å²) in [4.78, 5) is 6.66. The molecule has 2 rings (SSSR count). The summed E-state index contributed by atoms with van der Waals surface area (Å²) in [6, 6.07) is 4.66. The fourth-order valence-electron chi connectivity index (χ4n) is 2.66. The van der Waals surface area contributed by atoms with Crippen LogP contribution in [0, 0.1) is 5.82 Å². The Labute approximate surface area is 151 Å². The van der Waals surface area contributed by atoms with Crippen molar-refractivity contribution in [1.29, 1.82) is 0 Å². The van der Waals surface area contributed by atoms with E-state index in [2.05, 4.69) is 50.3 Å². The largest absolute Gasteiger partial charge is 0.379 e. The molecular weight excluding hydrogens is 375 g/mol. The molecule has 1 aliphatic rings. The van der Waals surface area contributed by atoms with Gasteiger partial charge in [0, 0.05) is 43.2 Å². The number of hydrogen-bond donors (Lipinski definition) is 2. The number of hydrogen-bond acceptors (Lipinski definition) is 3. The van der Waals surface area contributed by atoms with Crippen molar-refractivity contribution in [3.8, 4) is 0 Å². The van der Waals surface area contributed by atoms with E-state index in [4.69, 9.17) is 4.74 Å². The van der Waals surface area contributed by atoms with Crippen molar-refractivity contribution in [2.75, 3.05) is 39.9 Å². The molecule has 2 N–H and O–H groups in total. The van der Waals surface area contributed by atoms with Crippen LogP contribution in [0.1, 0.15) is 19.4 Å². The van der Waals surface area contributed by atoms with Crippen molar-refractivity contribution in [1.82, 2.24) is 15.5 Å². The standard InChI is InChI=1S/C17H26BrFN4O/c1-17(2,23-6-8-24-9-7-23)12-22-16(20-3)21-11-13-10-14(19)4-5-15(13)18/h4-5,10H,6-9,11-12H2,1-3H3,(H2,20,21,22). The molecule has 1 heterocycles. The summed E-state index contributed by atoms with van der Waals surface area (Å²) in [5.41, 5.74) is 0.853. The molecule has 1 aromatic rings. The highest BCUT2D eigenvalue weighted by atomic mass is 79.9. The van der Waals surface area contributed by atoms with E-state index in [0.717, 1.165) is 42.9 Å². The lowest BCUT2D eigenvalue weighted by molar-refractivity contribution is -0.00834. The first-order valence-corrected chi connectivity index (χ1v) is 8.93. The van der Waals surface area contributed by atoms with Crippen LogP contribution in [-0.2, 0) is 11.3 Å². The molecule has 0 aromatic heterocycles. The second-order valence-corrected chi connectivity index (χ2v) is 7.28. The zero-order chi connectivity index (χ0) is 17.6. The van der Waals surface area contributed by atoms with Crippen molar-refractivity contribution in [3.05, 3.63) is 34.1 Å². The number of guanidine groups is 1. The first kappa shape index (κ1) is 19.1. The summed E-state index contributed by atoms with van der Waals surface area (Å²) < 4.78 is 19.6. The Morgan fingerprint density at radius 2 is 2.04 bits per heavy atom. The fourth-order valence-corrected chi connectivity index (χ4v) is 3.05. The molecule has 1 saturated heterocycles. The first-order chi connectivity index (χ1) is 11.4. The number of aliphatic imine (C=N–C) groups is 1. The van der Waals surface area contributed by atoms with Crippen LogP contribution in [0.4, 0.5) is 4.39 Å². The molecule has 0 radical (unpaired) electrons. The van der Waals surface area contributed by atoms with Gasteiger partial charge >= 0.3 is 0 Å². The van der Waals surface area contributed by atoms with Gasteiger partial charge < -0.3 is 15.4 Å².